The van der Waals surface area contributed by atoms with Gasteiger partial charge in [-0.15, -0.1) is 0 Å². The van der Waals surface area contributed by atoms with Crippen LogP contribution in [-0.4, -0.2) is 16.5 Å². The molecular formula is C28H31NO2. The summed E-state index contributed by atoms with van der Waals surface area (Å²) in [5.41, 5.74) is 4.39. The molecule has 0 bridgehead atoms. The summed E-state index contributed by atoms with van der Waals surface area (Å²) in [6, 6.07) is 29.3. The first kappa shape index (κ1) is 21.3. The molecule has 160 valence electrons. The quantitative estimate of drug-likeness (QED) is 0.496. The van der Waals surface area contributed by atoms with E-state index in [0.29, 0.717) is 6.42 Å². The number of carbonyl (C=O) groups excluding carboxylic acids is 1. The van der Waals surface area contributed by atoms with Crippen molar-refractivity contribution in [2.24, 2.45) is 5.92 Å². The van der Waals surface area contributed by atoms with Crippen LogP contribution in [0.15, 0.2) is 84.9 Å². The Kier molecular flexibility index (Phi) is 6.24. The van der Waals surface area contributed by atoms with Crippen LogP contribution in [0.3, 0.4) is 0 Å². The lowest BCUT2D eigenvalue weighted by Gasteiger charge is -2.35. The molecule has 0 aliphatic carbocycles. The second-order valence-electron chi connectivity index (χ2n) is 9.36. The van der Waals surface area contributed by atoms with Crippen LogP contribution in [0.4, 0.5) is 0 Å². The number of rotatable bonds is 4. The molecule has 31 heavy (non-hydrogen) atoms. The summed E-state index contributed by atoms with van der Waals surface area (Å²) in [5, 5.41) is 0. The monoisotopic (exact) mass is 413 g/mol. The number of ether oxygens (including phenoxy) is 1. The van der Waals surface area contributed by atoms with Crippen molar-refractivity contribution in [1.29, 1.82) is 0 Å². The Balaban J connectivity index is 1.80. The van der Waals surface area contributed by atoms with E-state index >= 15 is 0 Å². The van der Waals surface area contributed by atoms with Crippen LogP contribution in [0, 0.1) is 5.92 Å². The first-order valence-corrected chi connectivity index (χ1v) is 11.0. The average molecular weight is 414 g/mol. The van der Waals surface area contributed by atoms with Gasteiger partial charge in [0, 0.05) is 19.1 Å². The Morgan fingerprint density at radius 3 is 2.10 bits per heavy atom. The highest BCUT2D eigenvalue weighted by Crippen LogP contribution is 2.39. The van der Waals surface area contributed by atoms with Gasteiger partial charge >= 0.3 is 5.97 Å². The van der Waals surface area contributed by atoms with Crippen molar-refractivity contribution in [2.45, 2.75) is 51.9 Å². The van der Waals surface area contributed by atoms with E-state index in [2.05, 4.69) is 77.7 Å². The molecule has 0 radical (unpaired) electrons. The van der Waals surface area contributed by atoms with Crippen LogP contribution in [-0.2, 0) is 29.0 Å². The SMILES string of the molecule is CC(C)(C)OC(=O)[C@@H]1Cc2ccccc2CN(Cc2ccccc2)[C@@H]1c1ccccc1. The third-order valence-electron chi connectivity index (χ3n) is 5.79. The normalized spacial score (nSPS) is 19.3. The van der Waals surface area contributed by atoms with Crippen molar-refractivity contribution in [3.05, 3.63) is 107 Å². The van der Waals surface area contributed by atoms with Crippen molar-refractivity contribution in [2.75, 3.05) is 0 Å². The first-order chi connectivity index (χ1) is 14.9. The topological polar surface area (TPSA) is 29.5 Å². The van der Waals surface area contributed by atoms with Gasteiger partial charge in [-0.25, -0.2) is 0 Å². The summed E-state index contributed by atoms with van der Waals surface area (Å²) < 4.78 is 5.93. The van der Waals surface area contributed by atoms with Gasteiger partial charge in [-0.2, -0.15) is 0 Å². The fourth-order valence-corrected chi connectivity index (χ4v) is 4.49. The first-order valence-electron chi connectivity index (χ1n) is 11.0. The van der Waals surface area contributed by atoms with Crippen LogP contribution in [0.5, 0.6) is 0 Å². The van der Waals surface area contributed by atoms with Gasteiger partial charge in [-0.05, 0) is 49.4 Å². The van der Waals surface area contributed by atoms with E-state index in [1.807, 2.05) is 32.9 Å². The van der Waals surface area contributed by atoms with Crippen LogP contribution in [0.2, 0.25) is 0 Å². The third-order valence-corrected chi connectivity index (χ3v) is 5.79. The Bertz CT molecular complexity index is 1010. The number of fused-ring (bicyclic) bond motifs is 1. The maximum atomic E-state index is 13.5. The number of benzene rings is 3. The number of nitrogens with zero attached hydrogens (tertiary/aromatic N) is 1. The maximum absolute atomic E-state index is 13.5. The average Bonchev–Trinajstić information content (AvgIpc) is 2.90. The molecule has 1 heterocycles. The van der Waals surface area contributed by atoms with Gasteiger partial charge in [0.25, 0.3) is 0 Å². The molecule has 3 nitrogen and oxygen atoms in total. The Hall–Kier alpha value is -2.91. The van der Waals surface area contributed by atoms with E-state index in [1.54, 1.807) is 0 Å². The lowest BCUT2D eigenvalue weighted by Crippen LogP contribution is -2.38. The molecule has 0 unspecified atom stereocenters. The number of carbonyl (C=O) groups is 1. The van der Waals surface area contributed by atoms with Gasteiger partial charge in [0.15, 0.2) is 0 Å². The van der Waals surface area contributed by atoms with Crippen molar-refractivity contribution >= 4 is 5.97 Å². The summed E-state index contributed by atoms with van der Waals surface area (Å²) in [6.07, 6.45) is 0.677. The highest BCUT2D eigenvalue weighted by Gasteiger charge is 2.39. The molecule has 0 amide bonds. The highest BCUT2D eigenvalue weighted by atomic mass is 16.6. The van der Waals surface area contributed by atoms with Crippen molar-refractivity contribution < 1.29 is 9.53 Å². The summed E-state index contributed by atoms with van der Waals surface area (Å²) >= 11 is 0. The predicted octanol–water partition coefficient (Wildman–Crippen LogP) is 5.94. The Labute approximate surface area is 185 Å². The Morgan fingerprint density at radius 2 is 1.45 bits per heavy atom. The Morgan fingerprint density at radius 1 is 0.871 bits per heavy atom. The molecule has 0 fully saturated rings. The molecule has 2 atom stereocenters. The zero-order chi connectivity index (χ0) is 21.8. The van der Waals surface area contributed by atoms with Crippen molar-refractivity contribution in [3.8, 4) is 0 Å². The zero-order valence-electron chi connectivity index (χ0n) is 18.6. The minimum Gasteiger partial charge on any atom is -0.460 e. The summed E-state index contributed by atoms with van der Waals surface area (Å²) in [4.78, 5) is 15.9. The standard InChI is InChI=1S/C28H31NO2/c1-28(2,3)31-27(30)25-18-23-16-10-11-17-24(23)20-29(19-21-12-6-4-7-13-21)26(25)22-14-8-5-9-15-22/h4-17,25-26H,18-20H2,1-3H3/t25-,26-/m1/s1. The van der Waals surface area contributed by atoms with Crippen LogP contribution in [0.1, 0.15) is 49.1 Å². The number of hydrogen-bond acceptors (Lipinski definition) is 3. The summed E-state index contributed by atoms with van der Waals surface area (Å²) in [6.45, 7) is 7.39. The van der Waals surface area contributed by atoms with Crippen LogP contribution in [0.25, 0.3) is 0 Å². The molecular weight excluding hydrogens is 382 g/mol. The molecule has 0 saturated heterocycles. The van der Waals surface area contributed by atoms with Crippen molar-refractivity contribution in [3.63, 3.8) is 0 Å². The lowest BCUT2D eigenvalue weighted by atomic mass is 9.87. The van der Waals surface area contributed by atoms with Crippen molar-refractivity contribution in [1.82, 2.24) is 4.90 Å². The minimum absolute atomic E-state index is 0.0661. The van der Waals surface area contributed by atoms with E-state index in [1.165, 1.54) is 16.7 Å². The molecule has 3 aromatic rings. The second-order valence-corrected chi connectivity index (χ2v) is 9.36. The molecule has 3 aromatic carbocycles. The molecule has 4 rings (SSSR count). The smallest absolute Gasteiger partial charge is 0.311 e. The summed E-state index contributed by atoms with van der Waals surface area (Å²) in [7, 11) is 0. The molecule has 0 N–H and O–H groups in total. The fraction of sp³-hybridized carbons (Fsp3) is 0.321. The van der Waals surface area contributed by atoms with Gasteiger partial charge in [-0.3, -0.25) is 9.69 Å². The van der Waals surface area contributed by atoms with Gasteiger partial charge in [-0.1, -0.05) is 84.9 Å². The van der Waals surface area contributed by atoms with E-state index in [4.69, 9.17) is 4.74 Å². The zero-order valence-corrected chi connectivity index (χ0v) is 18.6. The van der Waals surface area contributed by atoms with E-state index in [-0.39, 0.29) is 17.9 Å². The summed E-state index contributed by atoms with van der Waals surface area (Å²) in [5.74, 6) is -0.412. The van der Waals surface area contributed by atoms with Gasteiger partial charge in [0.1, 0.15) is 5.60 Å². The van der Waals surface area contributed by atoms with Crippen LogP contribution < -0.4 is 0 Å². The third kappa shape index (κ3) is 5.23. The van der Waals surface area contributed by atoms with E-state index < -0.39 is 5.60 Å². The largest absolute Gasteiger partial charge is 0.460 e. The molecule has 3 heteroatoms. The lowest BCUT2D eigenvalue weighted by molar-refractivity contribution is -0.163. The minimum atomic E-state index is -0.519. The molecule has 0 saturated carbocycles. The molecule has 0 aromatic heterocycles. The van der Waals surface area contributed by atoms with Gasteiger partial charge in [0.05, 0.1) is 5.92 Å². The number of esters is 1. The number of hydrogen-bond donors (Lipinski definition) is 0. The molecule has 1 aliphatic rings. The molecule has 1 aliphatic heterocycles. The maximum Gasteiger partial charge on any atom is 0.311 e. The molecule has 0 spiro atoms. The van der Waals surface area contributed by atoms with E-state index in [0.717, 1.165) is 18.7 Å². The second kappa shape index (κ2) is 9.07. The van der Waals surface area contributed by atoms with Gasteiger partial charge in [0.2, 0.25) is 0 Å². The van der Waals surface area contributed by atoms with E-state index in [9.17, 15) is 4.79 Å². The highest BCUT2D eigenvalue weighted by molar-refractivity contribution is 5.75. The predicted molar refractivity (Wildman–Crippen MR) is 124 cm³/mol. The van der Waals surface area contributed by atoms with Crippen LogP contribution >= 0.6 is 0 Å². The van der Waals surface area contributed by atoms with Gasteiger partial charge < -0.3 is 4.74 Å². The fourth-order valence-electron chi connectivity index (χ4n) is 4.49.